The van der Waals surface area contributed by atoms with E-state index in [-0.39, 0.29) is 60.7 Å². The fraction of sp³-hybridized carbons (Fsp3) is 0.600. The highest BCUT2D eigenvalue weighted by Crippen LogP contribution is 2.49. The molecule has 1 atom stereocenters. The van der Waals surface area contributed by atoms with Gasteiger partial charge in [-0.15, -0.1) is 11.3 Å². The lowest BCUT2D eigenvalue weighted by molar-refractivity contribution is -0.176. The monoisotopic (exact) mass is 506 g/mol. The van der Waals surface area contributed by atoms with Gasteiger partial charge < -0.3 is 9.63 Å². The van der Waals surface area contributed by atoms with Crippen LogP contribution in [0.4, 0.5) is 13.2 Å². The van der Waals surface area contributed by atoms with Gasteiger partial charge in [0.05, 0.1) is 11.5 Å². The molecule has 0 unspecified atom stereocenters. The van der Waals surface area contributed by atoms with Crippen molar-refractivity contribution >= 4 is 23.1 Å². The maximum atomic E-state index is 13.6. The number of hydrogen-bond donors (Lipinski definition) is 1. The van der Waals surface area contributed by atoms with Gasteiger partial charge in [-0.3, -0.25) is 4.79 Å². The van der Waals surface area contributed by atoms with E-state index in [9.17, 15) is 27.9 Å². The van der Waals surface area contributed by atoms with Crippen molar-refractivity contribution in [3.8, 4) is 11.5 Å². The molecule has 0 saturated heterocycles. The molecule has 0 spiro atoms. The van der Waals surface area contributed by atoms with Crippen LogP contribution in [0.5, 0.6) is 0 Å². The molecule has 2 aromatic heterocycles. The molecule has 5 aliphatic carbocycles. The summed E-state index contributed by atoms with van der Waals surface area (Å²) in [5.74, 6) is -1.74. The molecular formula is C25H25F3N2O4S. The number of carboxylic acids is 1. The van der Waals surface area contributed by atoms with Gasteiger partial charge in [0.2, 0.25) is 0 Å². The van der Waals surface area contributed by atoms with Crippen LogP contribution < -0.4 is 0 Å². The Morgan fingerprint density at radius 1 is 1.00 bits per heavy atom. The highest BCUT2D eigenvalue weighted by molar-refractivity contribution is 7.12. The molecule has 5 aliphatic rings. The number of hydrogen-bond acceptors (Lipinski definition) is 6. The second kappa shape index (κ2) is 8.28. The summed E-state index contributed by atoms with van der Waals surface area (Å²) in [7, 11) is 0. The molecule has 2 aromatic rings. The van der Waals surface area contributed by atoms with Crippen LogP contribution in [-0.4, -0.2) is 33.2 Å². The lowest BCUT2D eigenvalue weighted by Gasteiger charge is -2.38. The predicted molar refractivity (Wildman–Crippen MR) is 120 cm³/mol. The van der Waals surface area contributed by atoms with Gasteiger partial charge in [-0.2, -0.15) is 18.2 Å². The Hall–Kier alpha value is -2.49. The molecule has 0 aromatic carbocycles. The van der Waals surface area contributed by atoms with Crippen LogP contribution in [0, 0.1) is 17.8 Å². The molecule has 35 heavy (non-hydrogen) atoms. The first-order valence-corrected chi connectivity index (χ1v) is 13.1. The minimum atomic E-state index is -4.27. The van der Waals surface area contributed by atoms with Gasteiger partial charge in [0.1, 0.15) is 0 Å². The number of rotatable bonds is 6. The van der Waals surface area contributed by atoms with E-state index in [1.807, 2.05) is 0 Å². The molecule has 7 rings (SSSR count). The summed E-state index contributed by atoms with van der Waals surface area (Å²) in [5, 5.41) is 13.9. The van der Waals surface area contributed by atoms with Gasteiger partial charge in [0.25, 0.3) is 5.89 Å². The average Bonchev–Trinajstić information content (AvgIpc) is 3.45. The van der Waals surface area contributed by atoms with Crippen molar-refractivity contribution in [2.75, 3.05) is 0 Å². The summed E-state index contributed by atoms with van der Waals surface area (Å²) in [6, 6.07) is 0. The molecule has 0 radical (unpaired) electrons. The van der Waals surface area contributed by atoms with Crippen LogP contribution in [0.15, 0.2) is 15.7 Å². The molecule has 0 aliphatic heterocycles. The van der Waals surface area contributed by atoms with Crippen molar-refractivity contribution in [2.45, 2.75) is 76.3 Å². The highest BCUT2D eigenvalue weighted by atomic mass is 32.1. The number of aromatic nitrogens is 2. The second-order valence-corrected chi connectivity index (χ2v) is 11.5. The number of ketones is 1. The Labute approximate surface area is 203 Å². The Morgan fingerprint density at radius 3 is 2.29 bits per heavy atom. The van der Waals surface area contributed by atoms with Gasteiger partial charge in [0, 0.05) is 33.2 Å². The average molecular weight is 507 g/mol. The maximum Gasteiger partial charge on any atom is 0.392 e. The molecule has 2 fully saturated rings. The molecule has 10 heteroatoms. The van der Waals surface area contributed by atoms with Crippen LogP contribution >= 0.6 is 11.3 Å². The number of carbonyl (C=O) groups excluding carboxylic acids is 1. The summed E-state index contributed by atoms with van der Waals surface area (Å²) >= 11 is 1.21. The molecule has 2 saturated carbocycles. The quantitative estimate of drug-likeness (QED) is 0.544. The first-order valence-electron chi connectivity index (χ1n) is 12.2. The van der Waals surface area contributed by atoms with E-state index in [0.717, 1.165) is 44.1 Å². The van der Waals surface area contributed by atoms with Crippen molar-refractivity contribution in [2.24, 2.45) is 17.8 Å². The van der Waals surface area contributed by atoms with E-state index < -0.39 is 18.1 Å². The van der Waals surface area contributed by atoms with E-state index in [1.54, 1.807) is 0 Å². The summed E-state index contributed by atoms with van der Waals surface area (Å²) in [4.78, 5) is 31.3. The second-order valence-electron chi connectivity index (χ2n) is 10.3. The van der Waals surface area contributed by atoms with Crippen molar-refractivity contribution in [1.29, 1.82) is 0 Å². The zero-order valence-electron chi connectivity index (χ0n) is 19.0. The standard InChI is InChI=1S/C25H25F3N2O4S/c26-25(27,28)14-7-8-15-17(9-14)35-18(21(15)23-29-22(30-34-23)13-5-6-13)10-16(31)19-11-1-3-12(4-2-11)20(19)24(32)33/h11-14H,1-10H2,(H,32,33)/t11?,12?,14-/m0/s1. The molecule has 1 N–H and O–H groups in total. The number of fused-ring (bicyclic) bond motifs is 3. The van der Waals surface area contributed by atoms with Crippen LogP contribution in [0.1, 0.15) is 72.0 Å². The third-order valence-electron chi connectivity index (χ3n) is 8.08. The maximum absolute atomic E-state index is 13.6. The van der Waals surface area contributed by atoms with Crippen molar-refractivity contribution in [3.63, 3.8) is 0 Å². The smallest absolute Gasteiger partial charge is 0.392 e. The normalized spacial score (nSPS) is 26.2. The van der Waals surface area contributed by atoms with Crippen molar-refractivity contribution in [3.05, 3.63) is 32.3 Å². The number of allylic oxidation sites excluding steroid dienone is 1. The van der Waals surface area contributed by atoms with Gasteiger partial charge >= 0.3 is 12.1 Å². The number of carboxylic acid groups (broad SMARTS) is 1. The van der Waals surface area contributed by atoms with Crippen LogP contribution in [0.3, 0.4) is 0 Å². The summed E-state index contributed by atoms with van der Waals surface area (Å²) in [6.07, 6.45) is 0.896. The highest BCUT2D eigenvalue weighted by Gasteiger charge is 2.44. The number of aliphatic carboxylic acids is 1. The SMILES string of the molecule is O=C(O)C1=C(C(=O)Cc2sc3c(c2-c2nc(C4CC4)no2)CC[C@H](C(F)(F)F)C3)C2CCC1CC2. The minimum absolute atomic E-state index is 0.0185. The van der Waals surface area contributed by atoms with Crippen molar-refractivity contribution < 1.29 is 32.4 Å². The van der Waals surface area contributed by atoms with E-state index in [4.69, 9.17) is 4.52 Å². The number of Topliss-reactive ketones (excluding diaryl/α,β-unsaturated/α-hetero) is 1. The van der Waals surface area contributed by atoms with Gasteiger partial charge in [-0.05, 0) is 75.2 Å². The van der Waals surface area contributed by atoms with E-state index >= 15 is 0 Å². The summed E-state index contributed by atoms with van der Waals surface area (Å²) in [5.41, 5.74) is 2.01. The predicted octanol–water partition coefficient (Wildman–Crippen LogP) is 5.66. The summed E-state index contributed by atoms with van der Waals surface area (Å²) in [6.45, 7) is 0. The molecular weight excluding hydrogens is 481 g/mol. The van der Waals surface area contributed by atoms with Crippen LogP contribution in [0.25, 0.3) is 11.5 Å². The first-order chi connectivity index (χ1) is 16.7. The Morgan fingerprint density at radius 2 is 1.66 bits per heavy atom. The van der Waals surface area contributed by atoms with E-state index in [0.29, 0.717) is 26.7 Å². The van der Waals surface area contributed by atoms with E-state index in [2.05, 4.69) is 10.1 Å². The number of halogens is 3. The third-order valence-corrected chi connectivity index (χ3v) is 9.34. The van der Waals surface area contributed by atoms with E-state index in [1.165, 1.54) is 11.3 Å². The number of nitrogens with zero attached hydrogens (tertiary/aromatic N) is 2. The van der Waals surface area contributed by atoms with Crippen molar-refractivity contribution in [1.82, 2.24) is 10.1 Å². The number of thiophene rings is 1. The zero-order chi connectivity index (χ0) is 24.5. The fourth-order valence-electron chi connectivity index (χ4n) is 6.16. The molecule has 2 bridgehead atoms. The van der Waals surface area contributed by atoms with Gasteiger partial charge in [-0.1, -0.05) is 5.16 Å². The Bertz CT molecular complexity index is 1230. The zero-order valence-corrected chi connectivity index (χ0v) is 19.8. The Balaban J connectivity index is 1.39. The minimum Gasteiger partial charge on any atom is -0.478 e. The lowest BCUT2D eigenvalue weighted by Crippen LogP contribution is -2.34. The van der Waals surface area contributed by atoms with Crippen LogP contribution in [0.2, 0.25) is 0 Å². The van der Waals surface area contributed by atoms with Crippen LogP contribution in [-0.2, 0) is 28.9 Å². The van der Waals surface area contributed by atoms with Gasteiger partial charge in [0.15, 0.2) is 11.6 Å². The largest absolute Gasteiger partial charge is 0.478 e. The molecule has 6 nitrogen and oxygen atoms in total. The molecule has 186 valence electrons. The molecule has 0 amide bonds. The summed E-state index contributed by atoms with van der Waals surface area (Å²) < 4.78 is 46.0. The fourth-order valence-corrected chi connectivity index (χ4v) is 7.58. The first kappa shape index (κ1) is 22.9. The molecule has 2 heterocycles. The third kappa shape index (κ3) is 4.03. The number of carbonyl (C=O) groups is 2. The van der Waals surface area contributed by atoms with Gasteiger partial charge in [-0.25, -0.2) is 4.79 Å². The lowest BCUT2D eigenvalue weighted by atomic mass is 9.65. The number of alkyl halides is 3. The Kier molecular flexibility index (Phi) is 5.43. The topological polar surface area (TPSA) is 93.3 Å².